The maximum absolute atomic E-state index is 14.8. The Morgan fingerprint density at radius 3 is 2.58 bits per heavy atom. The van der Waals surface area contributed by atoms with E-state index in [1.54, 1.807) is 0 Å². The van der Waals surface area contributed by atoms with Crippen molar-refractivity contribution in [2.24, 2.45) is 0 Å². The molecule has 0 radical (unpaired) electrons. The number of hydrogen-bond acceptors (Lipinski definition) is 9. The summed E-state index contributed by atoms with van der Waals surface area (Å²) in [5, 5.41) is 0.442. The molecule has 36 heavy (non-hydrogen) atoms. The number of aldehydes is 1. The minimum atomic E-state index is -1.08. The Morgan fingerprint density at radius 1 is 1.17 bits per heavy atom. The number of carbonyl (C=O) groups is 2. The van der Waals surface area contributed by atoms with Crippen molar-refractivity contribution >= 4 is 29.7 Å². The summed E-state index contributed by atoms with van der Waals surface area (Å²) >= 11 is 1.10. The van der Waals surface area contributed by atoms with Gasteiger partial charge in [-0.15, -0.1) is 0 Å². The quantitative estimate of drug-likeness (QED) is 0.234. The number of hydrogen-bond donors (Lipinski definition) is 0. The maximum Gasteiger partial charge on any atom is 0.514 e. The number of benzene rings is 2. The molecular formula is C26H28FN3O5S. The molecule has 0 saturated carbocycles. The minimum Gasteiger partial charge on any atom is -0.428 e. The van der Waals surface area contributed by atoms with Crippen molar-refractivity contribution in [3.63, 3.8) is 0 Å². The Labute approximate surface area is 213 Å². The Morgan fingerprint density at radius 2 is 1.92 bits per heavy atom. The topological polar surface area (TPSA) is 90.9 Å². The van der Waals surface area contributed by atoms with Gasteiger partial charge in [-0.3, -0.25) is 4.79 Å². The summed E-state index contributed by atoms with van der Waals surface area (Å²) in [6.45, 7) is 6.87. The van der Waals surface area contributed by atoms with Gasteiger partial charge in [-0.05, 0) is 60.8 Å². The molecule has 5 rings (SSSR count). The monoisotopic (exact) mass is 513 g/mol. The van der Waals surface area contributed by atoms with Crippen LogP contribution < -0.4 is 9.64 Å². The second kappa shape index (κ2) is 12.0. The fraction of sp³-hybridized carbons (Fsp3) is 0.385. The molecule has 1 unspecified atom stereocenters. The van der Waals surface area contributed by atoms with E-state index in [1.807, 2.05) is 26.0 Å². The first-order valence-electron chi connectivity index (χ1n) is 12.0. The molecule has 2 fully saturated rings. The van der Waals surface area contributed by atoms with Gasteiger partial charge >= 0.3 is 6.16 Å². The third-order valence-corrected chi connectivity index (χ3v) is 6.57. The van der Waals surface area contributed by atoms with E-state index in [-0.39, 0.29) is 12.2 Å². The van der Waals surface area contributed by atoms with Crippen molar-refractivity contribution in [1.82, 2.24) is 9.36 Å². The summed E-state index contributed by atoms with van der Waals surface area (Å²) in [4.78, 5) is 30.5. The first-order valence-corrected chi connectivity index (χ1v) is 12.8. The van der Waals surface area contributed by atoms with Crippen LogP contribution in [0.1, 0.15) is 43.5 Å². The average Bonchev–Trinajstić information content (AvgIpc) is 3.69. The Kier molecular flexibility index (Phi) is 8.61. The van der Waals surface area contributed by atoms with Crippen LogP contribution in [0.25, 0.3) is 22.0 Å². The molecule has 2 saturated heterocycles. The van der Waals surface area contributed by atoms with Crippen molar-refractivity contribution in [2.75, 3.05) is 31.2 Å². The summed E-state index contributed by atoms with van der Waals surface area (Å²) in [6, 6.07) is 10.6. The van der Waals surface area contributed by atoms with Gasteiger partial charge in [0, 0.05) is 36.3 Å². The van der Waals surface area contributed by atoms with Gasteiger partial charge in [0.05, 0.1) is 18.8 Å². The average molecular weight is 514 g/mol. The zero-order valence-electron chi connectivity index (χ0n) is 20.2. The van der Waals surface area contributed by atoms with Crippen LogP contribution in [-0.4, -0.2) is 54.2 Å². The molecule has 10 heteroatoms. The fourth-order valence-corrected chi connectivity index (χ4v) is 4.71. The van der Waals surface area contributed by atoms with Gasteiger partial charge < -0.3 is 19.1 Å². The highest BCUT2D eigenvalue weighted by atomic mass is 32.1. The second-order valence-electron chi connectivity index (χ2n) is 8.11. The molecule has 1 aromatic heterocycles. The smallest absolute Gasteiger partial charge is 0.428 e. The first kappa shape index (κ1) is 25.7. The van der Waals surface area contributed by atoms with E-state index in [9.17, 15) is 14.0 Å². The van der Waals surface area contributed by atoms with Crippen molar-refractivity contribution in [3.05, 3.63) is 47.8 Å². The molecule has 0 N–H and O–H groups in total. The lowest BCUT2D eigenvalue weighted by Gasteiger charge is -2.17. The number of nitrogens with zero attached hydrogens (tertiary/aromatic N) is 3. The lowest BCUT2D eigenvalue weighted by Crippen LogP contribution is -2.21. The Bertz CT molecular complexity index is 1190. The predicted molar refractivity (Wildman–Crippen MR) is 135 cm³/mol. The molecule has 2 aliphatic rings. The van der Waals surface area contributed by atoms with Crippen LogP contribution in [-0.2, 0) is 9.47 Å². The number of ether oxygens (including phenoxy) is 3. The normalized spacial score (nSPS) is 16.9. The predicted octanol–water partition coefficient (Wildman–Crippen LogP) is 5.75. The van der Waals surface area contributed by atoms with Crippen molar-refractivity contribution < 1.29 is 28.2 Å². The van der Waals surface area contributed by atoms with Crippen LogP contribution in [0, 0.1) is 5.82 Å². The zero-order valence-corrected chi connectivity index (χ0v) is 21.1. The first-order chi connectivity index (χ1) is 17.6. The number of anilines is 1. The van der Waals surface area contributed by atoms with Crippen LogP contribution in [0.5, 0.6) is 5.75 Å². The van der Waals surface area contributed by atoms with Gasteiger partial charge in [0.25, 0.3) is 0 Å². The molecule has 8 nitrogen and oxygen atoms in total. The maximum atomic E-state index is 14.8. The van der Waals surface area contributed by atoms with Gasteiger partial charge in [0.2, 0.25) is 0 Å². The number of halogens is 1. The molecule has 3 heterocycles. The summed E-state index contributed by atoms with van der Waals surface area (Å²) in [7, 11) is 0. The van der Waals surface area contributed by atoms with E-state index < -0.39 is 23.8 Å². The second-order valence-corrected chi connectivity index (χ2v) is 8.87. The van der Waals surface area contributed by atoms with E-state index in [1.165, 1.54) is 24.6 Å². The van der Waals surface area contributed by atoms with Gasteiger partial charge in [-0.25, -0.2) is 14.2 Å². The lowest BCUT2D eigenvalue weighted by molar-refractivity contribution is 0.0496. The molecule has 0 spiro atoms. The molecule has 0 bridgehead atoms. The molecule has 1 atom stereocenters. The van der Waals surface area contributed by atoms with Crippen LogP contribution in [0.3, 0.4) is 0 Å². The van der Waals surface area contributed by atoms with E-state index in [0.29, 0.717) is 35.7 Å². The summed E-state index contributed by atoms with van der Waals surface area (Å²) < 4.78 is 34.4. The summed E-state index contributed by atoms with van der Waals surface area (Å²) in [6.07, 6.45) is 1.85. The highest BCUT2D eigenvalue weighted by Gasteiger charge is 2.24. The van der Waals surface area contributed by atoms with E-state index in [0.717, 1.165) is 36.3 Å². The van der Waals surface area contributed by atoms with E-state index >= 15 is 0 Å². The van der Waals surface area contributed by atoms with Crippen molar-refractivity contribution in [2.45, 2.75) is 39.2 Å². The van der Waals surface area contributed by atoms with Crippen LogP contribution in [0.15, 0.2) is 36.4 Å². The zero-order chi connectivity index (χ0) is 25.5. The standard InChI is InChI=1S/C24H22FN3O5S.C2H6/c25-20-12-16(11-17(13-29)21(20)33-24(30)32-19-7-10-31-14-19)23-26-22(27-34-23)15-3-5-18(6-4-15)28-8-1-2-9-28;1-2/h3-6,11-13,19H,1-2,7-10,14H2;1-2H3. The van der Waals surface area contributed by atoms with Crippen molar-refractivity contribution in [3.8, 4) is 27.7 Å². The Balaban J connectivity index is 0.00000148. The lowest BCUT2D eigenvalue weighted by atomic mass is 10.1. The molecule has 2 aliphatic heterocycles. The number of aromatic nitrogens is 2. The van der Waals surface area contributed by atoms with Crippen LogP contribution in [0.4, 0.5) is 14.9 Å². The van der Waals surface area contributed by atoms with E-state index in [4.69, 9.17) is 14.2 Å². The molecule has 0 amide bonds. The minimum absolute atomic E-state index is 0.124. The third-order valence-electron chi connectivity index (χ3n) is 5.81. The molecular weight excluding hydrogens is 485 g/mol. The van der Waals surface area contributed by atoms with Crippen LogP contribution >= 0.6 is 11.5 Å². The van der Waals surface area contributed by atoms with E-state index in [2.05, 4.69) is 26.4 Å². The van der Waals surface area contributed by atoms with Crippen molar-refractivity contribution in [1.29, 1.82) is 0 Å². The van der Waals surface area contributed by atoms with Crippen LogP contribution in [0.2, 0.25) is 0 Å². The molecule has 3 aromatic rings. The molecule has 190 valence electrons. The largest absolute Gasteiger partial charge is 0.514 e. The third kappa shape index (κ3) is 5.88. The fourth-order valence-electron chi connectivity index (χ4n) is 4.04. The Hall–Kier alpha value is -3.37. The SMILES string of the molecule is CC.O=Cc1cc(-c2nc(-c3ccc(N4CCCC4)cc3)ns2)cc(F)c1OC(=O)OC1CCOC1. The van der Waals surface area contributed by atoms with Gasteiger partial charge in [-0.1, -0.05) is 13.8 Å². The summed E-state index contributed by atoms with van der Waals surface area (Å²) in [5.74, 6) is -0.834. The van der Waals surface area contributed by atoms with Gasteiger partial charge in [0.1, 0.15) is 11.1 Å². The number of carbonyl (C=O) groups excluding carboxylic acids is 2. The summed E-state index contributed by atoms with van der Waals surface area (Å²) in [5.41, 5.74) is 2.26. The number of rotatable bonds is 6. The molecule has 2 aromatic carbocycles. The van der Waals surface area contributed by atoms with Gasteiger partial charge in [0.15, 0.2) is 23.7 Å². The highest BCUT2D eigenvalue weighted by Crippen LogP contribution is 2.32. The van der Waals surface area contributed by atoms with Gasteiger partial charge in [-0.2, -0.15) is 4.37 Å². The highest BCUT2D eigenvalue weighted by molar-refractivity contribution is 7.09. The molecule has 0 aliphatic carbocycles.